The lowest BCUT2D eigenvalue weighted by atomic mass is 9.86. The predicted molar refractivity (Wildman–Crippen MR) is 130 cm³/mol. The van der Waals surface area contributed by atoms with E-state index in [0.29, 0.717) is 12.8 Å². The monoisotopic (exact) mass is 518 g/mol. The second-order valence-electron chi connectivity index (χ2n) is 10.6. The third-order valence-electron chi connectivity index (χ3n) is 4.87. The average Bonchev–Trinajstić information content (AvgIpc) is 2.48. The van der Waals surface area contributed by atoms with Crippen molar-refractivity contribution in [3.8, 4) is 0 Å². The van der Waals surface area contributed by atoms with Crippen LogP contribution in [-0.4, -0.2) is 64.4 Å². The Bertz CT molecular complexity index is 696. The van der Waals surface area contributed by atoms with E-state index in [0.717, 1.165) is 0 Å². The first-order valence-electron chi connectivity index (χ1n) is 11.3. The number of phosphoric ester groups is 2. The van der Waals surface area contributed by atoms with Gasteiger partial charge >= 0.3 is 15.6 Å². The van der Waals surface area contributed by atoms with Crippen molar-refractivity contribution in [2.24, 2.45) is 0 Å². The molecule has 0 aromatic rings. The highest BCUT2D eigenvalue weighted by Crippen LogP contribution is 2.51. The molecule has 4 atom stereocenters. The third kappa shape index (κ3) is 15.7. The van der Waals surface area contributed by atoms with Crippen molar-refractivity contribution in [1.82, 2.24) is 0 Å². The van der Waals surface area contributed by atoms with E-state index in [1.54, 1.807) is 49.4 Å². The Morgan fingerprint density at radius 3 is 1.88 bits per heavy atom. The zero-order valence-corrected chi connectivity index (χ0v) is 23.7. The zero-order chi connectivity index (χ0) is 26.4. The van der Waals surface area contributed by atoms with Crippen LogP contribution in [-0.2, 0) is 32.0 Å². The molecule has 13 heteroatoms. The molecule has 4 unspecified atom stereocenters. The minimum atomic E-state index is -4.39. The van der Waals surface area contributed by atoms with Crippen molar-refractivity contribution >= 4 is 23.5 Å². The summed E-state index contributed by atoms with van der Waals surface area (Å²) in [5.74, 6) is 0. The molecular formula is C20H45BO10P2. The predicted octanol–water partition coefficient (Wildman–Crippen LogP) is 3.92. The van der Waals surface area contributed by atoms with Gasteiger partial charge in [0, 0.05) is 12.4 Å². The molecule has 198 valence electrons. The maximum Gasteiger partial charge on any atom is 0.472 e. The molecule has 0 amide bonds. The number of aliphatic hydroxyl groups is 1. The van der Waals surface area contributed by atoms with E-state index in [-0.39, 0.29) is 26.1 Å². The molecule has 0 aliphatic heterocycles. The molecule has 0 saturated heterocycles. The summed E-state index contributed by atoms with van der Waals surface area (Å²) in [5, 5.41) is 10.2. The minimum Gasteiger partial charge on any atom is -0.390 e. The highest BCUT2D eigenvalue weighted by Gasteiger charge is 2.39. The number of hydrogen-bond acceptors (Lipinski definition) is 8. The summed E-state index contributed by atoms with van der Waals surface area (Å²) in [4.78, 5) is 19.9. The maximum absolute atomic E-state index is 12.5. The quantitative estimate of drug-likeness (QED) is 0.192. The van der Waals surface area contributed by atoms with Crippen molar-refractivity contribution in [1.29, 1.82) is 0 Å². The molecule has 0 aromatic carbocycles. The van der Waals surface area contributed by atoms with Gasteiger partial charge in [0.2, 0.25) is 0 Å². The van der Waals surface area contributed by atoms with Crippen LogP contribution in [0.15, 0.2) is 0 Å². The van der Waals surface area contributed by atoms with Gasteiger partial charge in [0.05, 0.1) is 35.6 Å². The summed E-state index contributed by atoms with van der Waals surface area (Å²) in [7, 11) is -6.93. The highest BCUT2D eigenvalue weighted by atomic mass is 31.2. The summed E-state index contributed by atoms with van der Waals surface area (Å²) in [5.41, 5.74) is -3.79. The van der Waals surface area contributed by atoms with Gasteiger partial charge in [0.25, 0.3) is 0 Å². The molecule has 3 N–H and O–H groups in total. The Labute approximate surface area is 200 Å². The van der Waals surface area contributed by atoms with Crippen LogP contribution in [0.5, 0.6) is 0 Å². The van der Waals surface area contributed by atoms with Crippen LogP contribution in [0.25, 0.3) is 0 Å². The average molecular weight is 518 g/mol. The molecule has 33 heavy (non-hydrogen) atoms. The van der Waals surface area contributed by atoms with Crippen LogP contribution < -0.4 is 0 Å². The van der Waals surface area contributed by atoms with Crippen molar-refractivity contribution in [3.63, 3.8) is 0 Å². The maximum atomic E-state index is 12.5. The first-order chi connectivity index (χ1) is 14.6. The van der Waals surface area contributed by atoms with E-state index in [1.807, 2.05) is 20.8 Å². The Hall–Kier alpha value is 0.205. The summed E-state index contributed by atoms with van der Waals surface area (Å²) in [6.07, 6.45) is 1.24. The third-order valence-corrected chi connectivity index (χ3v) is 7.53. The molecule has 0 rings (SSSR count). The molecule has 0 aliphatic carbocycles. The fourth-order valence-corrected chi connectivity index (χ4v) is 5.95. The summed E-state index contributed by atoms with van der Waals surface area (Å²) in [6.45, 7) is 15.6. The van der Waals surface area contributed by atoms with Gasteiger partial charge in [-0.15, -0.1) is 0 Å². The van der Waals surface area contributed by atoms with E-state index in [9.17, 15) is 24.0 Å². The van der Waals surface area contributed by atoms with Gasteiger partial charge in [-0.05, 0) is 74.7 Å². The van der Waals surface area contributed by atoms with Crippen LogP contribution >= 0.6 is 15.6 Å². The fraction of sp³-hybridized carbons (Fsp3) is 1.00. The van der Waals surface area contributed by atoms with Crippen LogP contribution in [0.1, 0.15) is 88.0 Å². The SMILES string of the molecule is BC(CC(C)(O)CC)OP(=O)(O)OC(C)(C)CC(C)(C)OCCC(C)(C)OP(=O)(O)OCC. The number of hydrogen-bond donors (Lipinski definition) is 3. The van der Waals surface area contributed by atoms with Gasteiger partial charge in [-0.1, -0.05) is 6.92 Å². The lowest BCUT2D eigenvalue weighted by molar-refractivity contribution is -0.0850. The second kappa shape index (κ2) is 12.4. The van der Waals surface area contributed by atoms with E-state index < -0.39 is 44.1 Å². The number of ether oxygens (including phenoxy) is 1. The van der Waals surface area contributed by atoms with E-state index >= 15 is 0 Å². The van der Waals surface area contributed by atoms with Crippen molar-refractivity contribution < 1.29 is 46.9 Å². The van der Waals surface area contributed by atoms with Crippen LogP contribution in [0.2, 0.25) is 0 Å². The van der Waals surface area contributed by atoms with E-state index in [2.05, 4.69) is 0 Å². The van der Waals surface area contributed by atoms with Crippen LogP contribution in [0.4, 0.5) is 0 Å². The Morgan fingerprint density at radius 1 is 0.879 bits per heavy atom. The molecular weight excluding hydrogens is 473 g/mol. The van der Waals surface area contributed by atoms with Crippen molar-refractivity contribution in [2.45, 2.75) is 116 Å². The normalized spacial score (nSPS) is 20.0. The van der Waals surface area contributed by atoms with E-state index in [4.69, 9.17) is 22.8 Å². The molecule has 0 bridgehead atoms. The molecule has 0 saturated carbocycles. The molecule has 0 spiro atoms. The molecule has 0 aromatic heterocycles. The Kier molecular flexibility index (Phi) is 12.5. The van der Waals surface area contributed by atoms with Gasteiger partial charge in [-0.25, -0.2) is 9.13 Å². The van der Waals surface area contributed by atoms with Crippen molar-refractivity contribution in [2.75, 3.05) is 13.2 Å². The molecule has 10 nitrogen and oxygen atoms in total. The molecule has 0 radical (unpaired) electrons. The molecule has 0 fully saturated rings. The van der Waals surface area contributed by atoms with E-state index in [1.165, 1.54) is 0 Å². The molecule has 0 aliphatic rings. The lowest BCUT2D eigenvalue weighted by Gasteiger charge is -2.37. The van der Waals surface area contributed by atoms with Gasteiger partial charge in [-0.2, -0.15) is 0 Å². The van der Waals surface area contributed by atoms with Gasteiger partial charge < -0.3 is 19.6 Å². The summed E-state index contributed by atoms with van der Waals surface area (Å²) < 4.78 is 50.9. The molecule has 0 heterocycles. The highest BCUT2D eigenvalue weighted by molar-refractivity contribution is 7.47. The fourth-order valence-electron chi connectivity index (χ4n) is 3.59. The second-order valence-corrected chi connectivity index (χ2v) is 13.3. The first kappa shape index (κ1) is 33.2. The Morgan fingerprint density at radius 2 is 1.39 bits per heavy atom. The minimum absolute atomic E-state index is 0.0532. The van der Waals surface area contributed by atoms with Crippen LogP contribution in [0, 0.1) is 0 Å². The van der Waals surface area contributed by atoms with Gasteiger partial charge in [0.15, 0.2) is 0 Å². The summed E-state index contributed by atoms with van der Waals surface area (Å²) in [6, 6.07) is -0.683. The lowest BCUT2D eigenvalue weighted by Crippen LogP contribution is -2.38. The number of phosphoric acid groups is 2. The van der Waals surface area contributed by atoms with Crippen LogP contribution in [0.3, 0.4) is 0 Å². The Balaban J connectivity index is 4.85. The summed E-state index contributed by atoms with van der Waals surface area (Å²) >= 11 is 0. The zero-order valence-electron chi connectivity index (χ0n) is 21.9. The first-order valence-corrected chi connectivity index (χ1v) is 14.3. The number of rotatable bonds is 17. The topological polar surface area (TPSA) is 141 Å². The smallest absolute Gasteiger partial charge is 0.390 e. The van der Waals surface area contributed by atoms with Gasteiger partial charge in [0.1, 0.15) is 7.85 Å². The standard InChI is InChI=1S/C20H45BO10P2/c1-10-20(9,22)14-16(21)29-33(25,26)31-19(7,8)15-18(5,6)27-13-12-17(3,4)30-32(23,24)28-11-2/h16,22H,10-15,21H2,1-9H3,(H,23,24)(H,25,26). The van der Waals surface area contributed by atoms with Gasteiger partial charge in [-0.3, -0.25) is 18.1 Å². The van der Waals surface area contributed by atoms with Crippen molar-refractivity contribution in [3.05, 3.63) is 0 Å². The largest absolute Gasteiger partial charge is 0.472 e.